The van der Waals surface area contributed by atoms with Gasteiger partial charge in [-0.1, -0.05) is 0 Å². The Morgan fingerprint density at radius 2 is 1.37 bits per heavy atom. The third kappa shape index (κ3) is 4.73. The SMILES string of the molecule is COc1ccc(S(=O)(=O)Oc2ccc3c(c2)OC(=Cc2cc(OC)c(OC)cc2OC)C3=O)cc1. The van der Waals surface area contributed by atoms with Gasteiger partial charge >= 0.3 is 10.1 Å². The van der Waals surface area contributed by atoms with Gasteiger partial charge in [-0.15, -0.1) is 0 Å². The third-order valence-corrected chi connectivity index (χ3v) is 6.48. The van der Waals surface area contributed by atoms with E-state index < -0.39 is 10.1 Å². The molecule has 1 aliphatic heterocycles. The molecule has 0 radical (unpaired) electrons. The lowest BCUT2D eigenvalue weighted by molar-refractivity contribution is 0.101. The van der Waals surface area contributed by atoms with Crippen molar-refractivity contribution in [2.75, 3.05) is 28.4 Å². The molecule has 4 rings (SSSR count). The molecule has 1 aliphatic rings. The highest BCUT2D eigenvalue weighted by atomic mass is 32.2. The summed E-state index contributed by atoms with van der Waals surface area (Å²) in [5.41, 5.74) is 0.796. The van der Waals surface area contributed by atoms with Crippen LogP contribution in [0.25, 0.3) is 6.08 Å². The van der Waals surface area contributed by atoms with Crippen LogP contribution in [-0.4, -0.2) is 42.6 Å². The molecule has 0 aliphatic carbocycles. The average molecular weight is 499 g/mol. The smallest absolute Gasteiger partial charge is 0.339 e. The normalized spacial score (nSPS) is 13.7. The average Bonchev–Trinajstić information content (AvgIpc) is 3.17. The summed E-state index contributed by atoms with van der Waals surface area (Å²) in [6.07, 6.45) is 1.51. The minimum absolute atomic E-state index is 0.00249. The number of rotatable bonds is 8. The Labute approximate surface area is 202 Å². The molecule has 0 fully saturated rings. The van der Waals surface area contributed by atoms with E-state index in [1.807, 2.05) is 0 Å². The first-order valence-corrected chi connectivity index (χ1v) is 11.7. The van der Waals surface area contributed by atoms with Crippen LogP contribution >= 0.6 is 0 Å². The molecule has 1 heterocycles. The molecule has 0 atom stereocenters. The molecule has 0 saturated carbocycles. The molecule has 0 aromatic heterocycles. The number of allylic oxidation sites excluding steroid dienone is 1. The lowest BCUT2D eigenvalue weighted by Crippen LogP contribution is -2.09. The predicted octanol–water partition coefficient (Wildman–Crippen LogP) is 4.10. The number of carbonyl (C=O) groups is 1. The van der Waals surface area contributed by atoms with Crippen molar-refractivity contribution in [2.45, 2.75) is 4.90 Å². The largest absolute Gasteiger partial charge is 0.497 e. The van der Waals surface area contributed by atoms with Crippen LogP contribution in [0.5, 0.6) is 34.5 Å². The Bertz CT molecular complexity index is 1410. The highest BCUT2D eigenvalue weighted by Gasteiger charge is 2.29. The van der Waals surface area contributed by atoms with Crippen molar-refractivity contribution in [1.82, 2.24) is 0 Å². The molecule has 0 bridgehead atoms. The Hall–Kier alpha value is -4.18. The van der Waals surface area contributed by atoms with Gasteiger partial charge in [0.05, 0.1) is 34.0 Å². The lowest BCUT2D eigenvalue weighted by Gasteiger charge is -2.12. The van der Waals surface area contributed by atoms with Crippen LogP contribution in [0.2, 0.25) is 0 Å². The number of carbonyl (C=O) groups excluding carboxylic acids is 1. The van der Waals surface area contributed by atoms with Crippen molar-refractivity contribution in [3.63, 3.8) is 0 Å². The monoisotopic (exact) mass is 498 g/mol. The fraction of sp³-hybridized carbons (Fsp3) is 0.160. The van der Waals surface area contributed by atoms with Crippen LogP contribution in [0.1, 0.15) is 15.9 Å². The van der Waals surface area contributed by atoms with Gasteiger partial charge in [-0.3, -0.25) is 4.79 Å². The van der Waals surface area contributed by atoms with Crippen LogP contribution in [0.15, 0.2) is 65.3 Å². The molecule has 35 heavy (non-hydrogen) atoms. The first-order chi connectivity index (χ1) is 16.8. The fourth-order valence-electron chi connectivity index (χ4n) is 3.44. The van der Waals surface area contributed by atoms with Gasteiger partial charge in [-0.2, -0.15) is 8.42 Å². The van der Waals surface area contributed by atoms with Crippen LogP contribution in [0, 0.1) is 0 Å². The second-order valence-electron chi connectivity index (χ2n) is 7.26. The van der Waals surface area contributed by atoms with E-state index in [2.05, 4.69) is 0 Å². The first-order valence-electron chi connectivity index (χ1n) is 10.3. The fourth-order valence-corrected chi connectivity index (χ4v) is 4.37. The minimum atomic E-state index is -4.11. The Morgan fingerprint density at radius 1 is 0.743 bits per heavy atom. The van der Waals surface area contributed by atoms with E-state index >= 15 is 0 Å². The summed E-state index contributed by atoms with van der Waals surface area (Å²) >= 11 is 0. The summed E-state index contributed by atoms with van der Waals surface area (Å²) < 4.78 is 57.3. The van der Waals surface area contributed by atoms with Gasteiger partial charge in [0.1, 0.15) is 27.9 Å². The number of hydrogen-bond donors (Lipinski definition) is 0. The molecule has 10 heteroatoms. The molecule has 9 nitrogen and oxygen atoms in total. The van der Waals surface area contributed by atoms with Crippen molar-refractivity contribution in [3.8, 4) is 34.5 Å². The molecule has 182 valence electrons. The molecule has 0 N–H and O–H groups in total. The van der Waals surface area contributed by atoms with Gasteiger partial charge in [-0.05, 0) is 48.5 Å². The van der Waals surface area contributed by atoms with Crippen molar-refractivity contribution >= 4 is 22.0 Å². The summed E-state index contributed by atoms with van der Waals surface area (Å²) in [5, 5.41) is 0. The maximum absolute atomic E-state index is 12.9. The summed E-state index contributed by atoms with van der Waals surface area (Å²) in [5.74, 6) is 1.69. The molecular weight excluding hydrogens is 476 g/mol. The molecule has 3 aromatic rings. The van der Waals surface area contributed by atoms with Gasteiger partial charge in [-0.25, -0.2) is 0 Å². The van der Waals surface area contributed by atoms with E-state index in [0.717, 1.165) is 0 Å². The van der Waals surface area contributed by atoms with Gasteiger partial charge in [0.15, 0.2) is 17.3 Å². The van der Waals surface area contributed by atoms with E-state index in [-0.39, 0.29) is 33.5 Å². The highest BCUT2D eigenvalue weighted by Crippen LogP contribution is 2.39. The standard InChI is InChI=1S/C25H22O9S/c1-29-16-5-8-18(9-6-16)35(27,28)34-17-7-10-19-21(13-17)33-24(25(19)26)12-15-11-22(31-3)23(32-4)14-20(15)30-2/h5-14H,1-4H3. The van der Waals surface area contributed by atoms with Crippen molar-refractivity contribution < 1.29 is 41.1 Å². The number of Topliss-reactive ketones (excluding diaryl/α,β-unsaturated/α-hetero) is 1. The maximum atomic E-state index is 12.9. The highest BCUT2D eigenvalue weighted by molar-refractivity contribution is 7.87. The zero-order valence-corrected chi connectivity index (χ0v) is 20.2. The molecule has 0 saturated heterocycles. The van der Waals surface area contributed by atoms with Crippen LogP contribution < -0.4 is 27.9 Å². The second kappa shape index (κ2) is 9.59. The van der Waals surface area contributed by atoms with Crippen molar-refractivity contribution in [1.29, 1.82) is 0 Å². The zero-order chi connectivity index (χ0) is 25.2. The third-order valence-electron chi connectivity index (χ3n) is 5.22. The number of ether oxygens (including phenoxy) is 5. The number of methoxy groups -OCH3 is 4. The van der Waals surface area contributed by atoms with E-state index in [9.17, 15) is 13.2 Å². The minimum Gasteiger partial charge on any atom is -0.497 e. The molecule has 0 spiro atoms. The Morgan fingerprint density at radius 3 is 2.00 bits per heavy atom. The summed E-state index contributed by atoms with van der Waals surface area (Å²) in [4.78, 5) is 12.9. The van der Waals surface area contributed by atoms with Crippen LogP contribution in [-0.2, 0) is 10.1 Å². The maximum Gasteiger partial charge on any atom is 0.339 e. The molecule has 0 unspecified atom stereocenters. The predicted molar refractivity (Wildman–Crippen MR) is 126 cm³/mol. The number of ketones is 1. The zero-order valence-electron chi connectivity index (χ0n) is 19.4. The summed E-state index contributed by atoms with van der Waals surface area (Å²) in [6.45, 7) is 0. The van der Waals surface area contributed by atoms with Crippen LogP contribution in [0.4, 0.5) is 0 Å². The molecular formula is C25H22O9S. The van der Waals surface area contributed by atoms with Gasteiger partial charge < -0.3 is 27.9 Å². The molecule has 3 aromatic carbocycles. The van der Waals surface area contributed by atoms with E-state index in [4.69, 9.17) is 27.9 Å². The number of hydrogen-bond acceptors (Lipinski definition) is 9. The van der Waals surface area contributed by atoms with Gasteiger partial charge in [0, 0.05) is 17.7 Å². The van der Waals surface area contributed by atoms with E-state index in [0.29, 0.717) is 28.6 Å². The van der Waals surface area contributed by atoms with Gasteiger partial charge in [0.2, 0.25) is 5.78 Å². The molecule has 0 amide bonds. The van der Waals surface area contributed by atoms with E-state index in [1.165, 1.54) is 77.0 Å². The summed E-state index contributed by atoms with van der Waals surface area (Å²) in [6, 6.07) is 13.2. The Kier molecular flexibility index (Phi) is 6.57. The van der Waals surface area contributed by atoms with E-state index in [1.54, 1.807) is 12.1 Å². The van der Waals surface area contributed by atoms with Gasteiger partial charge in [0.25, 0.3) is 0 Å². The number of fused-ring (bicyclic) bond motifs is 1. The van der Waals surface area contributed by atoms with Crippen LogP contribution in [0.3, 0.4) is 0 Å². The van der Waals surface area contributed by atoms with Crippen molar-refractivity contribution in [2.24, 2.45) is 0 Å². The number of benzene rings is 3. The quantitative estimate of drug-likeness (QED) is 0.335. The first kappa shape index (κ1) is 24.0. The topological polar surface area (TPSA) is 107 Å². The second-order valence-corrected chi connectivity index (χ2v) is 8.81. The lowest BCUT2D eigenvalue weighted by atomic mass is 10.1. The van der Waals surface area contributed by atoms with Crippen molar-refractivity contribution in [3.05, 3.63) is 71.5 Å². The Balaban J connectivity index is 1.61. The summed E-state index contributed by atoms with van der Waals surface area (Å²) in [7, 11) is 1.86.